The highest BCUT2D eigenvalue weighted by Crippen LogP contribution is 2.15. The molecule has 0 radical (unpaired) electrons. The summed E-state index contributed by atoms with van der Waals surface area (Å²) >= 11 is 0. The normalized spacial score (nSPS) is 17.8. The standard InChI is InChI=1S/C19H40N4O.HI/c1-4-7-18(10-15-24)16-22-19(20-5-2)21-11-6-12-23-13-8-17(3)9-14-23;/h17-18,24H,4-16H2,1-3H3,(H2,20,21,22);1H. The Labute approximate surface area is 172 Å². The summed E-state index contributed by atoms with van der Waals surface area (Å²) < 4.78 is 0. The summed E-state index contributed by atoms with van der Waals surface area (Å²) in [6.07, 6.45) is 7.00. The van der Waals surface area contributed by atoms with E-state index < -0.39 is 0 Å². The summed E-state index contributed by atoms with van der Waals surface area (Å²) in [5.41, 5.74) is 0. The molecule has 1 rings (SSSR count). The Morgan fingerprint density at radius 3 is 2.52 bits per heavy atom. The number of piperidine rings is 1. The van der Waals surface area contributed by atoms with E-state index in [9.17, 15) is 0 Å². The molecule has 0 aromatic rings. The van der Waals surface area contributed by atoms with Gasteiger partial charge in [-0.05, 0) is 70.5 Å². The van der Waals surface area contributed by atoms with E-state index in [1.54, 1.807) is 0 Å². The molecule has 25 heavy (non-hydrogen) atoms. The molecular formula is C19H41IN4O. The van der Waals surface area contributed by atoms with Gasteiger partial charge in [0.25, 0.3) is 0 Å². The fraction of sp³-hybridized carbons (Fsp3) is 0.947. The molecule has 0 bridgehead atoms. The van der Waals surface area contributed by atoms with Crippen molar-refractivity contribution >= 4 is 29.9 Å². The molecule has 1 atom stereocenters. The highest BCUT2D eigenvalue weighted by molar-refractivity contribution is 14.0. The third kappa shape index (κ3) is 12.0. The van der Waals surface area contributed by atoms with Crippen LogP contribution < -0.4 is 10.6 Å². The maximum Gasteiger partial charge on any atom is 0.191 e. The number of rotatable bonds is 11. The molecule has 1 heterocycles. The van der Waals surface area contributed by atoms with E-state index in [1.165, 1.54) is 32.5 Å². The van der Waals surface area contributed by atoms with Gasteiger partial charge < -0.3 is 20.6 Å². The van der Waals surface area contributed by atoms with Crippen LogP contribution >= 0.6 is 24.0 Å². The maximum absolute atomic E-state index is 9.16. The third-order valence-electron chi connectivity index (χ3n) is 4.91. The lowest BCUT2D eigenvalue weighted by molar-refractivity contribution is 0.191. The molecule has 1 aliphatic rings. The van der Waals surface area contributed by atoms with Crippen LogP contribution in [-0.2, 0) is 0 Å². The van der Waals surface area contributed by atoms with Gasteiger partial charge in [-0.15, -0.1) is 24.0 Å². The lowest BCUT2D eigenvalue weighted by atomic mass is 9.99. The molecule has 0 amide bonds. The largest absolute Gasteiger partial charge is 0.396 e. The summed E-state index contributed by atoms with van der Waals surface area (Å²) in [5, 5.41) is 15.9. The zero-order valence-corrected chi connectivity index (χ0v) is 18.9. The van der Waals surface area contributed by atoms with Crippen molar-refractivity contribution in [1.82, 2.24) is 15.5 Å². The van der Waals surface area contributed by atoms with Crippen molar-refractivity contribution in [2.75, 3.05) is 45.9 Å². The van der Waals surface area contributed by atoms with E-state index >= 15 is 0 Å². The number of aliphatic imine (C=N–C) groups is 1. The number of nitrogens with one attached hydrogen (secondary N) is 2. The van der Waals surface area contributed by atoms with Crippen molar-refractivity contribution in [1.29, 1.82) is 0 Å². The van der Waals surface area contributed by atoms with Crippen molar-refractivity contribution in [2.45, 2.75) is 59.3 Å². The molecule has 0 aromatic carbocycles. The van der Waals surface area contributed by atoms with Crippen LogP contribution in [0.4, 0.5) is 0 Å². The average Bonchev–Trinajstić information content (AvgIpc) is 2.58. The topological polar surface area (TPSA) is 59.9 Å². The van der Waals surface area contributed by atoms with E-state index in [2.05, 4.69) is 36.3 Å². The van der Waals surface area contributed by atoms with Gasteiger partial charge in [0.15, 0.2) is 5.96 Å². The predicted molar refractivity (Wildman–Crippen MR) is 119 cm³/mol. The van der Waals surface area contributed by atoms with Crippen LogP contribution in [0.1, 0.15) is 59.3 Å². The fourth-order valence-electron chi connectivity index (χ4n) is 3.27. The van der Waals surface area contributed by atoms with Crippen molar-refractivity contribution in [3.05, 3.63) is 0 Å². The number of likely N-dealkylation sites (tertiary alicyclic amines) is 1. The van der Waals surface area contributed by atoms with Gasteiger partial charge in [0, 0.05) is 26.2 Å². The molecule has 0 aliphatic carbocycles. The van der Waals surface area contributed by atoms with Crippen LogP contribution in [0.3, 0.4) is 0 Å². The minimum absolute atomic E-state index is 0. The molecule has 3 N–H and O–H groups in total. The van der Waals surface area contributed by atoms with Crippen LogP contribution in [0.15, 0.2) is 4.99 Å². The van der Waals surface area contributed by atoms with Gasteiger partial charge in [-0.3, -0.25) is 4.99 Å². The highest BCUT2D eigenvalue weighted by atomic mass is 127. The minimum Gasteiger partial charge on any atom is -0.396 e. The van der Waals surface area contributed by atoms with Gasteiger partial charge in [0.1, 0.15) is 0 Å². The second-order valence-electron chi connectivity index (χ2n) is 7.19. The summed E-state index contributed by atoms with van der Waals surface area (Å²) in [5.74, 6) is 2.32. The third-order valence-corrected chi connectivity index (χ3v) is 4.91. The molecule has 1 saturated heterocycles. The summed E-state index contributed by atoms with van der Waals surface area (Å²) in [6, 6.07) is 0. The SMILES string of the molecule is CCCC(CCO)CN=C(NCC)NCCCN1CCC(C)CC1.I. The van der Waals surface area contributed by atoms with Gasteiger partial charge in [0.2, 0.25) is 0 Å². The Morgan fingerprint density at radius 2 is 1.92 bits per heavy atom. The molecule has 1 aliphatic heterocycles. The zero-order valence-electron chi connectivity index (χ0n) is 16.6. The number of guanidine groups is 1. The van der Waals surface area contributed by atoms with Gasteiger partial charge in [-0.1, -0.05) is 20.3 Å². The lowest BCUT2D eigenvalue weighted by Crippen LogP contribution is -2.40. The predicted octanol–water partition coefficient (Wildman–Crippen LogP) is 3.08. The first kappa shape index (κ1) is 24.9. The number of hydrogen-bond donors (Lipinski definition) is 3. The number of nitrogens with zero attached hydrogens (tertiary/aromatic N) is 2. The number of aliphatic hydroxyl groups excluding tert-OH is 1. The minimum atomic E-state index is 0. The van der Waals surface area contributed by atoms with Gasteiger partial charge in [0.05, 0.1) is 0 Å². The van der Waals surface area contributed by atoms with E-state index in [4.69, 9.17) is 10.1 Å². The molecule has 0 spiro atoms. The van der Waals surface area contributed by atoms with E-state index in [-0.39, 0.29) is 30.6 Å². The Bertz CT molecular complexity index is 327. The monoisotopic (exact) mass is 468 g/mol. The first-order valence-electron chi connectivity index (χ1n) is 10.0. The molecular weight excluding hydrogens is 427 g/mol. The Morgan fingerprint density at radius 1 is 1.20 bits per heavy atom. The van der Waals surface area contributed by atoms with Crippen molar-refractivity contribution in [3.8, 4) is 0 Å². The highest BCUT2D eigenvalue weighted by Gasteiger charge is 2.14. The Kier molecular flexibility index (Phi) is 16.1. The number of hydrogen-bond acceptors (Lipinski definition) is 3. The van der Waals surface area contributed by atoms with Gasteiger partial charge in [-0.25, -0.2) is 0 Å². The Balaban J connectivity index is 0.00000576. The van der Waals surface area contributed by atoms with Crippen LogP contribution in [0, 0.1) is 11.8 Å². The first-order valence-corrected chi connectivity index (χ1v) is 10.0. The van der Waals surface area contributed by atoms with E-state index in [0.29, 0.717) is 5.92 Å². The molecule has 6 heteroatoms. The second kappa shape index (κ2) is 16.1. The molecule has 0 saturated carbocycles. The van der Waals surface area contributed by atoms with Crippen LogP contribution in [0.2, 0.25) is 0 Å². The van der Waals surface area contributed by atoms with Gasteiger partial charge >= 0.3 is 0 Å². The Hall–Kier alpha value is -0.0800. The van der Waals surface area contributed by atoms with Crippen LogP contribution in [-0.4, -0.2) is 61.8 Å². The number of aliphatic hydroxyl groups is 1. The zero-order chi connectivity index (χ0) is 17.6. The van der Waals surface area contributed by atoms with Gasteiger partial charge in [-0.2, -0.15) is 0 Å². The number of halogens is 1. The maximum atomic E-state index is 9.16. The summed E-state index contributed by atoms with van der Waals surface area (Å²) in [6.45, 7) is 13.3. The van der Waals surface area contributed by atoms with E-state index in [1.807, 2.05) is 0 Å². The quantitative estimate of drug-likeness (QED) is 0.189. The fourth-order valence-corrected chi connectivity index (χ4v) is 3.27. The smallest absolute Gasteiger partial charge is 0.191 e. The van der Waals surface area contributed by atoms with Crippen LogP contribution in [0.25, 0.3) is 0 Å². The lowest BCUT2D eigenvalue weighted by Gasteiger charge is -2.30. The van der Waals surface area contributed by atoms with Crippen LogP contribution in [0.5, 0.6) is 0 Å². The molecule has 1 unspecified atom stereocenters. The van der Waals surface area contributed by atoms with E-state index in [0.717, 1.165) is 57.2 Å². The van der Waals surface area contributed by atoms with Crippen molar-refractivity contribution in [2.24, 2.45) is 16.8 Å². The molecule has 0 aromatic heterocycles. The average molecular weight is 468 g/mol. The summed E-state index contributed by atoms with van der Waals surface area (Å²) in [7, 11) is 0. The molecule has 1 fully saturated rings. The van der Waals surface area contributed by atoms with Crippen molar-refractivity contribution < 1.29 is 5.11 Å². The second-order valence-corrected chi connectivity index (χ2v) is 7.19. The molecule has 150 valence electrons. The first-order chi connectivity index (χ1) is 11.7. The van der Waals surface area contributed by atoms with Crippen molar-refractivity contribution in [3.63, 3.8) is 0 Å². The summed E-state index contributed by atoms with van der Waals surface area (Å²) in [4.78, 5) is 7.30. The molecule has 5 nitrogen and oxygen atoms in total.